The lowest BCUT2D eigenvalue weighted by atomic mass is 10.2. The normalized spacial score (nSPS) is 12.5. The van der Waals surface area contributed by atoms with E-state index in [4.69, 9.17) is 0 Å². The first-order valence-electron chi connectivity index (χ1n) is 6.79. The van der Waals surface area contributed by atoms with Crippen molar-refractivity contribution in [3.05, 3.63) is 54.6 Å². The topological polar surface area (TPSA) is 58.9 Å². The van der Waals surface area contributed by atoms with Crippen LogP contribution in [0.25, 0.3) is 10.9 Å². The summed E-state index contributed by atoms with van der Waals surface area (Å²) in [6.45, 7) is 1.93. The van der Waals surface area contributed by atoms with Crippen molar-refractivity contribution in [2.24, 2.45) is 0 Å². The summed E-state index contributed by atoms with van der Waals surface area (Å²) in [6, 6.07) is 11.8. The molecular formula is C16H15N3OS. The minimum absolute atomic E-state index is 0.496. The van der Waals surface area contributed by atoms with Gasteiger partial charge in [-0.1, -0.05) is 36.9 Å². The molecule has 1 unspecified atom stereocenters. The van der Waals surface area contributed by atoms with Gasteiger partial charge >= 0.3 is 0 Å². The molecule has 1 N–H and O–H groups in total. The zero-order valence-electron chi connectivity index (χ0n) is 11.6. The number of pyridine rings is 1. The van der Waals surface area contributed by atoms with Crippen LogP contribution in [0.3, 0.4) is 0 Å². The van der Waals surface area contributed by atoms with Crippen molar-refractivity contribution >= 4 is 22.7 Å². The van der Waals surface area contributed by atoms with Gasteiger partial charge < -0.3 is 5.11 Å². The Balaban J connectivity index is 1.88. The molecule has 0 spiro atoms. The Morgan fingerprint density at radius 2 is 1.95 bits per heavy atom. The molecule has 0 saturated heterocycles. The van der Waals surface area contributed by atoms with E-state index in [0.29, 0.717) is 12.1 Å². The van der Waals surface area contributed by atoms with Gasteiger partial charge in [0.05, 0.1) is 17.3 Å². The number of para-hydroxylation sites is 1. The molecule has 1 atom stereocenters. The molecular weight excluding hydrogens is 282 g/mol. The summed E-state index contributed by atoms with van der Waals surface area (Å²) in [5.41, 5.74) is 1.63. The number of aliphatic hydroxyl groups is 1. The quantitative estimate of drug-likeness (QED) is 0.745. The number of rotatable bonds is 4. The van der Waals surface area contributed by atoms with Crippen LogP contribution in [0.5, 0.6) is 0 Å². The van der Waals surface area contributed by atoms with Gasteiger partial charge in [-0.25, -0.2) is 9.97 Å². The van der Waals surface area contributed by atoms with E-state index in [1.54, 1.807) is 24.3 Å². The average molecular weight is 297 g/mol. The van der Waals surface area contributed by atoms with E-state index in [1.807, 2.05) is 43.3 Å². The molecule has 3 rings (SSSR count). The third-order valence-corrected chi connectivity index (χ3v) is 4.20. The first kappa shape index (κ1) is 14.0. The van der Waals surface area contributed by atoms with Crippen LogP contribution in [0.15, 0.2) is 58.8 Å². The standard InChI is InChI=1S/C16H15N3OS/c1-2-15(20)14-8-7-11(9-17-14)21-16-12-5-3-4-6-13(12)18-10-19-16/h3-10,15,20H,2H2,1H3. The number of hydrogen-bond acceptors (Lipinski definition) is 5. The summed E-state index contributed by atoms with van der Waals surface area (Å²) in [5.74, 6) is 0. The molecule has 0 bridgehead atoms. The minimum atomic E-state index is -0.496. The molecule has 0 aliphatic rings. The van der Waals surface area contributed by atoms with Gasteiger partial charge in [0.2, 0.25) is 0 Å². The number of hydrogen-bond donors (Lipinski definition) is 1. The molecule has 1 aromatic carbocycles. The molecule has 3 aromatic rings. The number of aliphatic hydroxyl groups excluding tert-OH is 1. The Morgan fingerprint density at radius 1 is 1.10 bits per heavy atom. The molecule has 2 heterocycles. The second kappa shape index (κ2) is 6.20. The van der Waals surface area contributed by atoms with Crippen molar-refractivity contribution in [1.29, 1.82) is 0 Å². The van der Waals surface area contributed by atoms with Gasteiger partial charge in [0.25, 0.3) is 0 Å². The molecule has 21 heavy (non-hydrogen) atoms. The van der Waals surface area contributed by atoms with E-state index in [-0.39, 0.29) is 0 Å². The molecule has 0 amide bonds. The zero-order chi connectivity index (χ0) is 14.7. The first-order valence-corrected chi connectivity index (χ1v) is 7.61. The largest absolute Gasteiger partial charge is 0.387 e. The maximum atomic E-state index is 9.76. The molecule has 0 aliphatic carbocycles. The molecule has 0 radical (unpaired) electrons. The molecule has 106 valence electrons. The Labute approximate surface area is 127 Å². The molecule has 0 aliphatic heterocycles. The van der Waals surface area contributed by atoms with Gasteiger partial charge in [0.15, 0.2) is 0 Å². The highest BCUT2D eigenvalue weighted by Crippen LogP contribution is 2.30. The summed E-state index contributed by atoms with van der Waals surface area (Å²) in [4.78, 5) is 13.9. The van der Waals surface area contributed by atoms with Crippen LogP contribution in [0.2, 0.25) is 0 Å². The van der Waals surface area contributed by atoms with E-state index < -0.39 is 6.10 Å². The van der Waals surface area contributed by atoms with Crippen molar-refractivity contribution < 1.29 is 5.11 Å². The lowest BCUT2D eigenvalue weighted by Gasteiger charge is -2.08. The Morgan fingerprint density at radius 3 is 2.71 bits per heavy atom. The zero-order valence-corrected chi connectivity index (χ0v) is 12.4. The Hall–Kier alpha value is -1.98. The van der Waals surface area contributed by atoms with Gasteiger partial charge in [-0.05, 0) is 24.6 Å². The third-order valence-electron chi connectivity index (χ3n) is 3.21. The summed E-state index contributed by atoms with van der Waals surface area (Å²) in [7, 11) is 0. The highest BCUT2D eigenvalue weighted by atomic mass is 32.2. The highest BCUT2D eigenvalue weighted by Gasteiger charge is 2.08. The second-order valence-electron chi connectivity index (χ2n) is 4.64. The molecule has 4 nitrogen and oxygen atoms in total. The van der Waals surface area contributed by atoms with Crippen molar-refractivity contribution in [3.8, 4) is 0 Å². The van der Waals surface area contributed by atoms with Crippen molar-refractivity contribution in [3.63, 3.8) is 0 Å². The van der Waals surface area contributed by atoms with Crippen LogP contribution in [0.4, 0.5) is 0 Å². The Bertz CT molecular complexity index is 741. The lowest BCUT2D eigenvalue weighted by molar-refractivity contribution is 0.169. The lowest BCUT2D eigenvalue weighted by Crippen LogP contribution is -1.98. The van der Waals surface area contributed by atoms with Gasteiger partial charge in [-0.2, -0.15) is 0 Å². The molecule has 0 saturated carbocycles. The summed E-state index contributed by atoms with van der Waals surface area (Å²) >= 11 is 1.55. The average Bonchev–Trinajstić information content (AvgIpc) is 2.55. The number of nitrogens with zero attached hydrogens (tertiary/aromatic N) is 3. The maximum Gasteiger partial charge on any atom is 0.117 e. The Kier molecular flexibility index (Phi) is 4.13. The van der Waals surface area contributed by atoms with Crippen molar-refractivity contribution in [2.45, 2.75) is 29.4 Å². The highest BCUT2D eigenvalue weighted by molar-refractivity contribution is 7.99. The monoisotopic (exact) mass is 297 g/mol. The predicted octanol–water partition coefficient (Wildman–Crippen LogP) is 3.62. The summed E-state index contributed by atoms with van der Waals surface area (Å²) in [5, 5.41) is 11.7. The number of aromatic nitrogens is 3. The van der Waals surface area contributed by atoms with Crippen LogP contribution in [-0.2, 0) is 0 Å². The van der Waals surface area contributed by atoms with E-state index in [1.165, 1.54) is 0 Å². The summed E-state index contributed by atoms with van der Waals surface area (Å²) < 4.78 is 0. The fraction of sp³-hybridized carbons (Fsp3) is 0.188. The van der Waals surface area contributed by atoms with E-state index in [9.17, 15) is 5.11 Å². The molecule has 0 fully saturated rings. The van der Waals surface area contributed by atoms with Gasteiger partial charge in [0.1, 0.15) is 11.4 Å². The SMILES string of the molecule is CCC(O)c1ccc(Sc2ncnc3ccccc23)cn1. The van der Waals surface area contributed by atoms with Crippen LogP contribution in [0.1, 0.15) is 25.1 Å². The summed E-state index contributed by atoms with van der Waals surface area (Å²) in [6.07, 6.45) is 3.52. The fourth-order valence-electron chi connectivity index (χ4n) is 2.03. The second-order valence-corrected chi connectivity index (χ2v) is 5.70. The van der Waals surface area contributed by atoms with Crippen molar-refractivity contribution in [2.75, 3.05) is 0 Å². The van der Waals surface area contributed by atoms with Crippen molar-refractivity contribution in [1.82, 2.24) is 15.0 Å². The maximum absolute atomic E-state index is 9.76. The van der Waals surface area contributed by atoms with E-state index >= 15 is 0 Å². The smallest absolute Gasteiger partial charge is 0.117 e. The van der Waals surface area contributed by atoms with Gasteiger partial charge in [-0.3, -0.25) is 4.98 Å². The van der Waals surface area contributed by atoms with Crippen LogP contribution >= 0.6 is 11.8 Å². The first-order chi connectivity index (χ1) is 10.3. The number of fused-ring (bicyclic) bond motifs is 1. The predicted molar refractivity (Wildman–Crippen MR) is 83.1 cm³/mol. The van der Waals surface area contributed by atoms with Gasteiger partial charge in [-0.15, -0.1) is 0 Å². The molecule has 5 heteroatoms. The fourth-order valence-corrected chi connectivity index (χ4v) is 2.88. The third kappa shape index (κ3) is 3.04. The van der Waals surface area contributed by atoms with Crippen LogP contribution in [0, 0.1) is 0 Å². The van der Waals surface area contributed by atoms with Crippen LogP contribution < -0.4 is 0 Å². The molecule has 2 aromatic heterocycles. The van der Waals surface area contributed by atoms with E-state index in [2.05, 4.69) is 15.0 Å². The minimum Gasteiger partial charge on any atom is -0.387 e. The van der Waals surface area contributed by atoms with Gasteiger partial charge in [0, 0.05) is 16.5 Å². The van der Waals surface area contributed by atoms with E-state index in [0.717, 1.165) is 20.8 Å². The number of benzene rings is 1. The van der Waals surface area contributed by atoms with Crippen LogP contribution in [-0.4, -0.2) is 20.1 Å².